The second-order valence-electron chi connectivity index (χ2n) is 8.95. The molecule has 0 radical (unpaired) electrons. The highest BCUT2D eigenvalue weighted by Gasteiger charge is 2.18. The SMILES string of the molecule is CCn1c2ccc(C(=O)COC(=O)Sc3ccccc3)cc2c2cc(C(=O)COC(=O)c3ccccc3)ccc21. The summed E-state index contributed by atoms with van der Waals surface area (Å²) >= 11 is 0.920. The largest absolute Gasteiger partial charge is 0.454 e. The van der Waals surface area contributed by atoms with E-state index >= 15 is 0 Å². The second kappa shape index (κ2) is 12.0. The minimum atomic E-state index is -0.566. The fourth-order valence-electron chi connectivity index (χ4n) is 4.49. The molecule has 0 amide bonds. The minimum absolute atomic E-state index is 0.332. The zero-order valence-corrected chi connectivity index (χ0v) is 22.5. The number of esters is 1. The van der Waals surface area contributed by atoms with E-state index in [4.69, 9.17) is 9.47 Å². The van der Waals surface area contributed by atoms with E-state index in [1.807, 2.05) is 37.3 Å². The zero-order chi connectivity index (χ0) is 28.1. The topological polar surface area (TPSA) is 91.7 Å². The van der Waals surface area contributed by atoms with Crippen LogP contribution in [-0.2, 0) is 16.0 Å². The van der Waals surface area contributed by atoms with Gasteiger partial charge in [-0.15, -0.1) is 0 Å². The van der Waals surface area contributed by atoms with E-state index in [2.05, 4.69) is 4.57 Å². The monoisotopic (exact) mass is 551 g/mol. The molecule has 5 aromatic rings. The van der Waals surface area contributed by atoms with Crippen LogP contribution in [0.1, 0.15) is 38.0 Å². The lowest BCUT2D eigenvalue weighted by Crippen LogP contribution is -2.14. The Hall–Kier alpha value is -4.69. The van der Waals surface area contributed by atoms with Crippen molar-refractivity contribution in [1.82, 2.24) is 4.57 Å². The average molecular weight is 552 g/mol. The molecule has 7 nitrogen and oxygen atoms in total. The van der Waals surface area contributed by atoms with Crippen LogP contribution in [0.15, 0.2) is 102 Å². The molecule has 0 bridgehead atoms. The van der Waals surface area contributed by atoms with Gasteiger partial charge in [0.2, 0.25) is 0 Å². The molecular weight excluding hydrogens is 526 g/mol. The van der Waals surface area contributed by atoms with Crippen molar-refractivity contribution in [3.8, 4) is 0 Å². The summed E-state index contributed by atoms with van der Waals surface area (Å²) in [6.45, 7) is 1.93. The van der Waals surface area contributed by atoms with E-state index in [9.17, 15) is 19.2 Å². The van der Waals surface area contributed by atoms with Crippen molar-refractivity contribution in [1.29, 1.82) is 0 Å². The fourth-order valence-corrected chi connectivity index (χ4v) is 5.09. The first-order chi connectivity index (χ1) is 19.4. The molecule has 0 spiro atoms. The number of Topliss-reactive ketones (excluding diaryl/α,β-unsaturated/α-hetero) is 2. The number of rotatable bonds is 9. The number of hydrogen-bond acceptors (Lipinski definition) is 7. The Bertz CT molecular complexity index is 1730. The number of benzene rings is 4. The molecule has 0 saturated carbocycles. The molecule has 8 heteroatoms. The van der Waals surface area contributed by atoms with E-state index in [0.29, 0.717) is 23.2 Å². The van der Waals surface area contributed by atoms with Crippen molar-refractivity contribution in [2.24, 2.45) is 0 Å². The lowest BCUT2D eigenvalue weighted by atomic mass is 10.0. The Morgan fingerprint density at radius 3 is 1.73 bits per heavy atom. The van der Waals surface area contributed by atoms with Crippen molar-refractivity contribution in [3.05, 3.63) is 114 Å². The van der Waals surface area contributed by atoms with Gasteiger partial charge in [-0.25, -0.2) is 9.59 Å². The number of aromatic nitrogens is 1. The highest BCUT2D eigenvalue weighted by molar-refractivity contribution is 8.13. The summed E-state index contributed by atoms with van der Waals surface area (Å²) in [4.78, 5) is 51.0. The van der Waals surface area contributed by atoms with E-state index in [1.165, 1.54) is 0 Å². The summed E-state index contributed by atoms with van der Waals surface area (Å²) in [6.07, 6.45) is 0. The number of carbonyl (C=O) groups is 4. The number of fused-ring (bicyclic) bond motifs is 3. The maximum atomic E-state index is 12.9. The van der Waals surface area contributed by atoms with Gasteiger partial charge in [-0.3, -0.25) is 9.59 Å². The van der Waals surface area contributed by atoms with Crippen molar-refractivity contribution in [2.75, 3.05) is 13.2 Å². The summed E-state index contributed by atoms with van der Waals surface area (Å²) < 4.78 is 12.5. The lowest BCUT2D eigenvalue weighted by Gasteiger charge is -2.06. The summed E-state index contributed by atoms with van der Waals surface area (Å²) in [6, 6.07) is 28.2. The van der Waals surface area contributed by atoms with E-state index in [0.717, 1.165) is 38.5 Å². The lowest BCUT2D eigenvalue weighted by molar-refractivity contribution is 0.0475. The van der Waals surface area contributed by atoms with E-state index in [-0.39, 0.29) is 24.8 Å². The van der Waals surface area contributed by atoms with Crippen molar-refractivity contribution >= 4 is 56.4 Å². The van der Waals surface area contributed by atoms with Crippen LogP contribution in [0.5, 0.6) is 0 Å². The van der Waals surface area contributed by atoms with Crippen LogP contribution in [0.2, 0.25) is 0 Å². The summed E-state index contributed by atoms with van der Waals surface area (Å²) in [5.41, 5.74) is 2.98. The van der Waals surface area contributed by atoms with Gasteiger partial charge in [0.05, 0.1) is 5.56 Å². The second-order valence-corrected chi connectivity index (χ2v) is 9.96. The molecule has 5 rings (SSSR count). The molecule has 0 saturated heterocycles. The summed E-state index contributed by atoms with van der Waals surface area (Å²) in [7, 11) is 0. The normalized spacial score (nSPS) is 10.9. The van der Waals surface area contributed by atoms with Crippen LogP contribution in [0, 0.1) is 0 Å². The maximum absolute atomic E-state index is 12.9. The van der Waals surface area contributed by atoms with E-state index < -0.39 is 11.3 Å². The molecule has 0 fully saturated rings. The Kier molecular flexibility index (Phi) is 8.07. The van der Waals surface area contributed by atoms with Gasteiger partial charge in [0, 0.05) is 44.4 Å². The number of aryl methyl sites for hydroxylation is 1. The molecule has 200 valence electrons. The molecule has 40 heavy (non-hydrogen) atoms. The van der Waals surface area contributed by atoms with Gasteiger partial charge in [0.15, 0.2) is 24.8 Å². The first-order valence-corrected chi connectivity index (χ1v) is 13.5. The molecule has 0 aliphatic heterocycles. The molecule has 0 N–H and O–H groups in total. The maximum Gasteiger partial charge on any atom is 0.372 e. The molecule has 0 atom stereocenters. The van der Waals surface area contributed by atoms with Gasteiger partial charge in [-0.2, -0.15) is 0 Å². The van der Waals surface area contributed by atoms with Crippen LogP contribution >= 0.6 is 11.8 Å². The van der Waals surface area contributed by atoms with Crippen molar-refractivity contribution in [3.63, 3.8) is 0 Å². The quantitative estimate of drug-likeness (QED) is 0.111. The average Bonchev–Trinajstić information content (AvgIpc) is 3.31. The highest BCUT2D eigenvalue weighted by atomic mass is 32.2. The standard InChI is InChI=1S/C32H25NO6S/c1-2-33-27-15-13-22(29(34)19-38-31(36)21-9-5-3-6-10-21)17-25(27)26-18-23(14-16-28(26)33)30(35)20-39-32(37)40-24-11-7-4-8-12-24/h3-18H,2,19-20H2,1H3. The van der Waals surface area contributed by atoms with Crippen LogP contribution in [0.3, 0.4) is 0 Å². The van der Waals surface area contributed by atoms with Crippen molar-refractivity contribution < 1.29 is 28.7 Å². The van der Waals surface area contributed by atoms with Gasteiger partial charge < -0.3 is 14.0 Å². The van der Waals surface area contributed by atoms with Crippen LogP contribution in [-0.4, -0.2) is 40.6 Å². The fraction of sp³-hybridized carbons (Fsp3) is 0.125. The molecule has 1 aromatic heterocycles. The number of hydrogen-bond donors (Lipinski definition) is 0. The number of carbonyl (C=O) groups excluding carboxylic acids is 4. The smallest absolute Gasteiger partial charge is 0.372 e. The predicted octanol–water partition coefficient (Wildman–Crippen LogP) is 6.97. The first-order valence-electron chi connectivity index (χ1n) is 12.7. The third-order valence-corrected chi connectivity index (χ3v) is 7.23. The van der Waals surface area contributed by atoms with Gasteiger partial charge in [0.1, 0.15) is 0 Å². The Morgan fingerprint density at radius 1 is 0.650 bits per heavy atom. The van der Waals surface area contributed by atoms with Crippen LogP contribution in [0.4, 0.5) is 4.79 Å². The third kappa shape index (κ3) is 5.82. The molecule has 1 heterocycles. The zero-order valence-electron chi connectivity index (χ0n) is 21.7. The molecule has 4 aromatic carbocycles. The van der Waals surface area contributed by atoms with Gasteiger partial charge in [-0.1, -0.05) is 36.4 Å². The number of nitrogens with zero attached hydrogens (tertiary/aromatic N) is 1. The minimum Gasteiger partial charge on any atom is -0.454 e. The highest BCUT2D eigenvalue weighted by Crippen LogP contribution is 2.31. The number of ketones is 2. The van der Waals surface area contributed by atoms with Crippen LogP contribution in [0.25, 0.3) is 21.8 Å². The predicted molar refractivity (Wildman–Crippen MR) is 154 cm³/mol. The number of thioether (sulfide) groups is 1. The molecule has 0 aliphatic carbocycles. The summed E-state index contributed by atoms with van der Waals surface area (Å²) in [5.74, 6) is -1.23. The van der Waals surface area contributed by atoms with E-state index in [1.54, 1.807) is 66.7 Å². The van der Waals surface area contributed by atoms with Gasteiger partial charge in [0.25, 0.3) is 0 Å². The van der Waals surface area contributed by atoms with Gasteiger partial charge >= 0.3 is 11.3 Å². The summed E-state index contributed by atoms with van der Waals surface area (Å²) in [5, 5.41) is 1.03. The molecule has 0 unspecified atom stereocenters. The Balaban J connectivity index is 1.34. The Labute approximate surface area is 234 Å². The first kappa shape index (κ1) is 26.9. The third-order valence-electron chi connectivity index (χ3n) is 6.43. The van der Waals surface area contributed by atoms with Crippen molar-refractivity contribution in [2.45, 2.75) is 18.4 Å². The number of ether oxygens (including phenoxy) is 2. The molecular formula is C32H25NO6S. The van der Waals surface area contributed by atoms with Gasteiger partial charge in [-0.05, 0) is 79.3 Å². The van der Waals surface area contributed by atoms with Crippen LogP contribution < -0.4 is 0 Å². The molecule has 0 aliphatic rings. The Morgan fingerprint density at radius 2 is 1.18 bits per heavy atom.